The van der Waals surface area contributed by atoms with Crippen LogP contribution in [0, 0.1) is 35.9 Å². The molecule has 13 heteroatoms. The summed E-state index contributed by atoms with van der Waals surface area (Å²) in [5.74, 6) is 5.94. The van der Waals surface area contributed by atoms with Gasteiger partial charge in [-0.1, -0.05) is 35.3 Å². The van der Waals surface area contributed by atoms with E-state index in [1.165, 1.54) is 19.4 Å². The number of H-pyrrole nitrogens is 1. The van der Waals surface area contributed by atoms with Crippen LogP contribution >= 0.6 is 23.2 Å². The van der Waals surface area contributed by atoms with Gasteiger partial charge in [-0.05, 0) is 95.0 Å². The van der Waals surface area contributed by atoms with E-state index >= 15 is 4.39 Å². The minimum atomic E-state index is -0.484. The van der Waals surface area contributed by atoms with Crippen LogP contribution in [0.2, 0.25) is 10.0 Å². The van der Waals surface area contributed by atoms with Gasteiger partial charge in [0.2, 0.25) is 5.91 Å². The van der Waals surface area contributed by atoms with Gasteiger partial charge in [0.25, 0.3) is 0 Å². The van der Waals surface area contributed by atoms with Gasteiger partial charge in [0, 0.05) is 63.9 Å². The summed E-state index contributed by atoms with van der Waals surface area (Å²) in [6, 6.07) is 12.2. The van der Waals surface area contributed by atoms with Crippen molar-refractivity contribution in [3.63, 3.8) is 0 Å². The number of benzene rings is 2. The van der Waals surface area contributed by atoms with Crippen molar-refractivity contribution in [2.24, 2.45) is 23.4 Å². The molecular weight excluding hydrogens is 690 g/mol. The number of nitrogens with zero attached hydrogens (tertiary/aromatic N) is 3. The maximum Gasteiger partial charge on any atom is 0.226 e. The fraction of sp³-hybridized carbons (Fsp3) is 0.447. The highest BCUT2D eigenvalue weighted by atomic mass is 35.5. The summed E-state index contributed by atoms with van der Waals surface area (Å²) in [7, 11) is 0. The molecule has 4 aromatic rings. The number of aryl methyl sites for hydroxylation is 2. The highest BCUT2D eigenvalue weighted by Gasteiger charge is 2.39. The van der Waals surface area contributed by atoms with E-state index in [0.29, 0.717) is 50.6 Å². The van der Waals surface area contributed by atoms with Gasteiger partial charge in [-0.3, -0.25) is 10.6 Å². The standard InChI is InChI=1S/C29H25Cl2FN4O.C5H9N.C4H11N3O/c1-15-19-14-22(23-8-4-12-36(23)29(37)16-9-10-16)35-27(19)20-13-17(5-3-11-33)24(26(32)28(20)34-15)18-6-2-7-21(30)25(18)31;1-4-2-5(1)6-3-4;1-3(5)4(2-8)7-6/h2,6-7,13-14,16,23,35H,3-5,8-10,12H2,1H3;4-6H,1-3H2;7-8H,2,5-6H2,1H3/b;;4-3-. The van der Waals surface area contributed by atoms with Crippen molar-refractivity contribution >= 4 is 50.9 Å². The molecule has 8 N–H and O–H groups in total. The number of pyridine rings is 1. The number of aromatic amines is 1. The predicted molar refractivity (Wildman–Crippen MR) is 200 cm³/mol. The first-order valence-electron chi connectivity index (χ1n) is 17.6. The number of likely N-dealkylation sites (tertiary alicyclic amines) is 1. The Morgan fingerprint density at radius 2 is 1.98 bits per heavy atom. The Labute approximate surface area is 307 Å². The Kier molecular flexibility index (Phi) is 11.4. The van der Waals surface area contributed by atoms with E-state index < -0.39 is 5.82 Å². The lowest BCUT2D eigenvalue weighted by Gasteiger charge is -2.24. The van der Waals surface area contributed by atoms with Crippen LogP contribution in [0.25, 0.3) is 32.9 Å². The average molecular weight is 736 g/mol. The predicted octanol–water partition coefficient (Wildman–Crippen LogP) is 6.67. The molecule has 1 amide bonds. The lowest BCUT2D eigenvalue weighted by Crippen LogP contribution is -2.31. The van der Waals surface area contributed by atoms with E-state index in [0.717, 1.165) is 60.8 Å². The molecule has 2 aromatic heterocycles. The van der Waals surface area contributed by atoms with Crippen LogP contribution in [0.5, 0.6) is 0 Å². The quantitative estimate of drug-likeness (QED) is 0.0904. The first kappa shape index (κ1) is 36.9. The molecule has 1 unspecified atom stereocenters. The monoisotopic (exact) mass is 734 g/mol. The number of hydrogen-bond donors (Lipinski definition) is 6. The number of hydrazine groups is 1. The summed E-state index contributed by atoms with van der Waals surface area (Å²) in [5, 5.41) is 23.2. The maximum atomic E-state index is 16.3. The fourth-order valence-electron chi connectivity index (χ4n) is 7.35. The lowest BCUT2D eigenvalue weighted by molar-refractivity contribution is -0.133. The summed E-state index contributed by atoms with van der Waals surface area (Å²) >= 11 is 12.8. The SMILES string of the molecule is C/C(N)=C(\CO)NN.C1NC2CC1C2.Cc1nc2c(F)c(-c3cccc(Cl)c3Cl)c(CCC#N)cc2c2[nH]c(C3CCCN3C(=O)C3CC3)cc12. The molecule has 9 rings (SSSR count). The van der Waals surface area contributed by atoms with Gasteiger partial charge in [-0.15, -0.1) is 0 Å². The zero-order valence-corrected chi connectivity index (χ0v) is 30.5. The van der Waals surface area contributed by atoms with Crippen molar-refractivity contribution in [3.8, 4) is 17.2 Å². The van der Waals surface area contributed by atoms with E-state index in [9.17, 15) is 10.1 Å². The number of hydrogen-bond acceptors (Lipinski definition) is 8. The summed E-state index contributed by atoms with van der Waals surface area (Å²) in [6.07, 6.45) is 7.35. The number of halogens is 3. The third-order valence-corrected chi connectivity index (χ3v) is 11.2. The molecular formula is C38H45Cl2FN8O2. The third kappa shape index (κ3) is 7.66. The number of aliphatic hydroxyl groups excluding tert-OH is 1. The zero-order chi connectivity index (χ0) is 36.4. The second kappa shape index (κ2) is 15.8. The van der Waals surface area contributed by atoms with Gasteiger partial charge in [0.15, 0.2) is 5.82 Å². The van der Waals surface area contributed by atoms with E-state index in [1.54, 1.807) is 25.1 Å². The minimum Gasteiger partial charge on any atom is -0.401 e. The minimum absolute atomic E-state index is 0.0117. The fourth-order valence-corrected chi connectivity index (χ4v) is 7.75. The molecule has 0 spiro atoms. The Bertz CT molecular complexity index is 1990. The van der Waals surface area contributed by atoms with Gasteiger partial charge >= 0.3 is 0 Å². The molecule has 2 saturated carbocycles. The Morgan fingerprint density at radius 3 is 2.55 bits per heavy atom. The summed E-state index contributed by atoms with van der Waals surface area (Å²) in [6.45, 7) is 5.47. The zero-order valence-electron chi connectivity index (χ0n) is 29.0. The van der Waals surface area contributed by atoms with Crippen molar-refractivity contribution < 1.29 is 14.3 Å². The molecule has 5 heterocycles. The number of allylic oxidation sites excluding steroid dienone is 1. The number of nitriles is 1. The van der Waals surface area contributed by atoms with Crippen LogP contribution in [0.3, 0.4) is 0 Å². The number of aromatic nitrogens is 2. The highest BCUT2D eigenvalue weighted by molar-refractivity contribution is 6.43. The van der Waals surface area contributed by atoms with E-state index in [4.69, 9.17) is 39.9 Å². The van der Waals surface area contributed by atoms with Gasteiger partial charge in [0.1, 0.15) is 5.52 Å². The van der Waals surface area contributed by atoms with Crippen LogP contribution in [-0.4, -0.2) is 51.6 Å². The summed E-state index contributed by atoms with van der Waals surface area (Å²) < 4.78 is 16.3. The third-order valence-electron chi connectivity index (χ3n) is 10.4. The molecule has 0 radical (unpaired) electrons. The van der Waals surface area contributed by atoms with E-state index in [2.05, 4.69) is 32.8 Å². The number of fused-ring (bicyclic) bond motifs is 4. The van der Waals surface area contributed by atoms with Crippen LogP contribution in [-0.2, 0) is 11.2 Å². The molecule has 5 aliphatic rings. The molecule has 51 heavy (non-hydrogen) atoms. The van der Waals surface area contributed by atoms with Crippen LogP contribution < -0.4 is 22.3 Å². The van der Waals surface area contributed by atoms with Gasteiger partial charge in [-0.25, -0.2) is 9.37 Å². The largest absolute Gasteiger partial charge is 0.401 e. The van der Waals surface area contributed by atoms with Crippen LogP contribution in [0.4, 0.5) is 4.39 Å². The molecule has 10 nitrogen and oxygen atoms in total. The molecule has 2 aliphatic carbocycles. The maximum absolute atomic E-state index is 16.3. The molecule has 3 aliphatic heterocycles. The number of nitrogens with two attached hydrogens (primary N) is 2. The smallest absolute Gasteiger partial charge is 0.226 e. The van der Waals surface area contributed by atoms with Crippen LogP contribution in [0.1, 0.15) is 74.9 Å². The molecule has 5 fully saturated rings. The Balaban J connectivity index is 0.000000265. The van der Waals surface area contributed by atoms with Gasteiger partial charge < -0.3 is 31.5 Å². The molecule has 2 bridgehead atoms. The van der Waals surface area contributed by atoms with Crippen molar-refractivity contribution in [1.29, 1.82) is 5.26 Å². The molecule has 3 saturated heterocycles. The van der Waals surface area contributed by atoms with Gasteiger partial charge in [0.05, 0.1) is 40.0 Å². The van der Waals surface area contributed by atoms with Crippen molar-refractivity contribution in [2.45, 2.75) is 77.3 Å². The summed E-state index contributed by atoms with van der Waals surface area (Å²) in [5.41, 5.74) is 12.6. The number of rotatable bonds is 7. The lowest BCUT2D eigenvalue weighted by atomic mass is 9.87. The number of amides is 1. The summed E-state index contributed by atoms with van der Waals surface area (Å²) in [4.78, 5) is 23.1. The van der Waals surface area contributed by atoms with E-state index in [-0.39, 0.29) is 41.4 Å². The first-order chi connectivity index (χ1) is 24.6. The van der Waals surface area contributed by atoms with Gasteiger partial charge in [-0.2, -0.15) is 5.26 Å². The van der Waals surface area contributed by atoms with Crippen molar-refractivity contribution in [1.82, 2.24) is 25.6 Å². The normalized spacial score (nSPS) is 20.9. The number of carbonyl (C=O) groups is 1. The molecule has 270 valence electrons. The Hall–Kier alpha value is -3.92. The molecule has 1 atom stereocenters. The first-order valence-corrected chi connectivity index (χ1v) is 18.3. The second-order valence-corrected chi connectivity index (χ2v) is 14.7. The van der Waals surface area contributed by atoms with Crippen molar-refractivity contribution in [2.75, 3.05) is 19.7 Å². The topological polar surface area (TPSA) is 169 Å². The van der Waals surface area contributed by atoms with Crippen molar-refractivity contribution in [3.05, 3.63) is 74.5 Å². The number of carbonyl (C=O) groups excluding carboxylic acids is 1. The van der Waals surface area contributed by atoms with E-state index in [1.807, 2.05) is 17.9 Å². The highest BCUT2D eigenvalue weighted by Crippen LogP contribution is 2.43. The molecule has 2 aromatic carbocycles. The average Bonchev–Trinajstić information content (AvgIpc) is 3.50. The number of aliphatic hydroxyl groups is 1. The Morgan fingerprint density at radius 1 is 1.22 bits per heavy atom. The number of nitrogens with one attached hydrogen (secondary N) is 3. The van der Waals surface area contributed by atoms with Crippen LogP contribution in [0.15, 0.2) is 41.7 Å². The second-order valence-electron chi connectivity index (χ2n) is 14.0.